The Morgan fingerprint density at radius 3 is 2.33 bits per heavy atom. The molecule has 24 heavy (non-hydrogen) atoms. The Morgan fingerprint density at radius 2 is 1.79 bits per heavy atom. The highest BCUT2D eigenvalue weighted by atomic mass is 16.6. The predicted molar refractivity (Wildman–Crippen MR) is 81.9 cm³/mol. The normalized spacial score (nSPS) is 11.0. The third kappa shape index (κ3) is 4.38. The number of carbonyl (C=O) groups is 2. The highest BCUT2D eigenvalue weighted by Crippen LogP contribution is 2.18. The van der Waals surface area contributed by atoms with Crippen molar-refractivity contribution in [3.63, 3.8) is 0 Å². The van der Waals surface area contributed by atoms with Gasteiger partial charge < -0.3 is 9.47 Å². The van der Waals surface area contributed by atoms with Crippen LogP contribution in [0.2, 0.25) is 0 Å². The number of non-ortho nitro benzene ring substituents is 1. The van der Waals surface area contributed by atoms with E-state index in [1.54, 1.807) is 20.8 Å². The van der Waals surface area contributed by atoms with Crippen LogP contribution < -0.4 is 4.74 Å². The van der Waals surface area contributed by atoms with E-state index in [0.717, 1.165) is 4.68 Å². The third-order valence-electron chi connectivity index (χ3n) is 2.64. The Morgan fingerprint density at radius 1 is 1.17 bits per heavy atom. The summed E-state index contributed by atoms with van der Waals surface area (Å²) in [6, 6.07) is 6.31. The molecule has 0 aliphatic heterocycles. The van der Waals surface area contributed by atoms with Gasteiger partial charge in [0.15, 0.2) is 5.69 Å². The lowest BCUT2D eigenvalue weighted by molar-refractivity contribution is -0.384. The van der Waals surface area contributed by atoms with Gasteiger partial charge in [-0.3, -0.25) is 10.1 Å². The number of ether oxygens (including phenoxy) is 2. The zero-order chi connectivity index (χ0) is 17.9. The Balaban J connectivity index is 2.05. The number of rotatable bonds is 3. The molecule has 0 amide bonds. The van der Waals surface area contributed by atoms with Gasteiger partial charge in [-0.2, -0.15) is 9.78 Å². The van der Waals surface area contributed by atoms with Gasteiger partial charge >= 0.3 is 12.1 Å². The standard InChI is InChI=1S/C15H15N3O6/c1-15(2,3)24-13(19)12-8-9-17(16-12)14(20)23-11-6-4-10(5-7-11)18(21)22/h4-9H,1-3H3. The number of hydrogen-bond acceptors (Lipinski definition) is 7. The van der Waals surface area contributed by atoms with Gasteiger partial charge in [0.1, 0.15) is 11.4 Å². The summed E-state index contributed by atoms with van der Waals surface area (Å²) in [7, 11) is 0. The lowest BCUT2D eigenvalue weighted by Crippen LogP contribution is -2.24. The lowest BCUT2D eigenvalue weighted by Gasteiger charge is -2.18. The highest BCUT2D eigenvalue weighted by molar-refractivity contribution is 5.88. The Hall–Kier alpha value is -3.23. The number of aromatic nitrogens is 2. The lowest BCUT2D eigenvalue weighted by atomic mass is 10.2. The monoisotopic (exact) mass is 333 g/mol. The summed E-state index contributed by atoms with van der Waals surface area (Å²) in [6.45, 7) is 5.14. The molecule has 0 aliphatic carbocycles. The fourth-order valence-electron chi connectivity index (χ4n) is 1.65. The van der Waals surface area contributed by atoms with Gasteiger partial charge in [0.05, 0.1) is 4.92 Å². The number of nitro groups is 1. The quantitative estimate of drug-likeness (QED) is 0.482. The molecule has 0 aliphatic rings. The van der Waals surface area contributed by atoms with Crippen molar-refractivity contribution in [3.8, 4) is 5.75 Å². The molecule has 1 aromatic carbocycles. The van der Waals surface area contributed by atoms with Crippen LogP contribution in [0.1, 0.15) is 31.3 Å². The molecule has 0 saturated carbocycles. The molecule has 0 N–H and O–H groups in total. The second-order valence-electron chi connectivity index (χ2n) is 5.77. The minimum atomic E-state index is -0.862. The molecule has 2 rings (SSSR count). The summed E-state index contributed by atoms with van der Waals surface area (Å²) in [6.07, 6.45) is 0.395. The van der Waals surface area contributed by atoms with Crippen molar-refractivity contribution < 1.29 is 24.0 Å². The molecule has 9 heteroatoms. The van der Waals surface area contributed by atoms with E-state index in [2.05, 4.69) is 5.10 Å². The molecule has 0 unspecified atom stereocenters. The zero-order valence-corrected chi connectivity index (χ0v) is 13.3. The average Bonchev–Trinajstić information content (AvgIpc) is 2.96. The number of esters is 1. The van der Waals surface area contributed by atoms with Crippen molar-refractivity contribution >= 4 is 17.7 Å². The van der Waals surface area contributed by atoms with E-state index in [4.69, 9.17) is 9.47 Å². The van der Waals surface area contributed by atoms with Crippen LogP contribution in [0.3, 0.4) is 0 Å². The second-order valence-corrected chi connectivity index (χ2v) is 5.77. The van der Waals surface area contributed by atoms with Crippen molar-refractivity contribution in [1.29, 1.82) is 0 Å². The van der Waals surface area contributed by atoms with Gasteiger partial charge in [0.2, 0.25) is 0 Å². The fraction of sp³-hybridized carbons (Fsp3) is 0.267. The molecular weight excluding hydrogens is 318 g/mol. The number of hydrogen-bond donors (Lipinski definition) is 0. The molecule has 9 nitrogen and oxygen atoms in total. The Labute approximate surface area is 136 Å². The van der Waals surface area contributed by atoms with Gasteiger partial charge in [-0.05, 0) is 39.0 Å². The van der Waals surface area contributed by atoms with E-state index in [1.165, 1.54) is 36.5 Å². The molecule has 0 bridgehead atoms. The van der Waals surface area contributed by atoms with Gasteiger partial charge in [-0.25, -0.2) is 9.59 Å². The van der Waals surface area contributed by atoms with Crippen LogP contribution in [0.25, 0.3) is 0 Å². The summed E-state index contributed by atoms with van der Waals surface area (Å²) >= 11 is 0. The van der Waals surface area contributed by atoms with E-state index in [-0.39, 0.29) is 17.1 Å². The molecule has 0 radical (unpaired) electrons. The molecule has 0 atom stereocenters. The number of nitro benzene ring substituents is 1. The van der Waals surface area contributed by atoms with Crippen molar-refractivity contribution in [2.24, 2.45) is 0 Å². The molecule has 0 spiro atoms. The maximum absolute atomic E-state index is 11.9. The van der Waals surface area contributed by atoms with E-state index in [0.29, 0.717) is 0 Å². The molecule has 0 saturated heterocycles. The molecule has 2 aromatic rings. The summed E-state index contributed by atoms with van der Waals surface area (Å²) in [4.78, 5) is 33.8. The van der Waals surface area contributed by atoms with E-state index in [9.17, 15) is 19.7 Å². The van der Waals surface area contributed by atoms with Crippen LogP contribution in [0.5, 0.6) is 5.75 Å². The van der Waals surface area contributed by atoms with Crippen LogP contribution in [0.4, 0.5) is 10.5 Å². The first-order chi connectivity index (χ1) is 11.2. The molecule has 1 aromatic heterocycles. The SMILES string of the molecule is CC(C)(C)OC(=O)c1ccn(C(=O)Oc2ccc([N+](=O)[O-])cc2)n1. The topological polar surface area (TPSA) is 114 Å². The third-order valence-corrected chi connectivity index (χ3v) is 2.64. The van der Waals surface area contributed by atoms with Crippen LogP contribution in [0, 0.1) is 10.1 Å². The summed E-state index contributed by atoms with van der Waals surface area (Å²) in [5.74, 6) is -0.552. The van der Waals surface area contributed by atoms with Gasteiger partial charge in [0, 0.05) is 18.3 Å². The maximum atomic E-state index is 11.9. The number of carbonyl (C=O) groups excluding carboxylic acids is 2. The smallest absolute Gasteiger partial charge is 0.440 e. The van der Waals surface area contributed by atoms with Crippen LogP contribution in [-0.4, -0.2) is 32.4 Å². The predicted octanol–water partition coefficient (Wildman–Crippen LogP) is 2.79. The first-order valence-electron chi connectivity index (χ1n) is 6.91. The molecule has 1 heterocycles. The van der Waals surface area contributed by atoms with Gasteiger partial charge in [-0.1, -0.05) is 0 Å². The van der Waals surface area contributed by atoms with Gasteiger partial charge in [-0.15, -0.1) is 0 Å². The molecule has 126 valence electrons. The second kappa shape index (κ2) is 6.49. The Bertz CT molecular complexity index is 773. The zero-order valence-electron chi connectivity index (χ0n) is 13.3. The Kier molecular flexibility index (Phi) is 4.63. The van der Waals surface area contributed by atoms with Crippen molar-refractivity contribution in [3.05, 3.63) is 52.3 Å². The largest absolute Gasteiger partial charge is 0.455 e. The average molecular weight is 333 g/mol. The molecular formula is C15H15N3O6. The van der Waals surface area contributed by atoms with E-state index >= 15 is 0 Å². The van der Waals surface area contributed by atoms with Crippen molar-refractivity contribution in [1.82, 2.24) is 9.78 Å². The van der Waals surface area contributed by atoms with Crippen LogP contribution in [-0.2, 0) is 4.74 Å². The van der Waals surface area contributed by atoms with Crippen molar-refractivity contribution in [2.75, 3.05) is 0 Å². The van der Waals surface area contributed by atoms with E-state index in [1.807, 2.05) is 0 Å². The van der Waals surface area contributed by atoms with E-state index < -0.39 is 22.6 Å². The number of benzene rings is 1. The minimum Gasteiger partial charge on any atom is -0.455 e. The molecule has 0 fully saturated rings. The summed E-state index contributed by atoms with van der Waals surface area (Å²) in [5.41, 5.74) is -0.841. The van der Waals surface area contributed by atoms with Crippen LogP contribution >= 0.6 is 0 Å². The maximum Gasteiger partial charge on any atom is 0.440 e. The van der Waals surface area contributed by atoms with Crippen LogP contribution in [0.15, 0.2) is 36.5 Å². The number of nitrogens with zero attached hydrogens (tertiary/aromatic N) is 3. The first kappa shape index (κ1) is 17.1. The first-order valence-corrected chi connectivity index (χ1v) is 6.91. The summed E-state index contributed by atoms with van der Waals surface area (Å²) < 4.78 is 11.0. The highest BCUT2D eigenvalue weighted by Gasteiger charge is 2.21. The van der Waals surface area contributed by atoms with Crippen molar-refractivity contribution in [2.45, 2.75) is 26.4 Å². The van der Waals surface area contributed by atoms with Gasteiger partial charge in [0.25, 0.3) is 5.69 Å². The minimum absolute atomic E-state index is 0.0365. The fourth-order valence-corrected chi connectivity index (χ4v) is 1.65. The summed E-state index contributed by atoms with van der Waals surface area (Å²) in [5, 5.41) is 14.4.